The third-order valence-electron chi connectivity index (χ3n) is 3.34. The number of carboxylic acid groups (broad SMARTS) is 1. The highest BCUT2D eigenvalue weighted by Gasteiger charge is 2.23. The van der Waals surface area contributed by atoms with Gasteiger partial charge in [0.2, 0.25) is 0 Å². The second kappa shape index (κ2) is 4.85. The number of benzene rings is 1. The molecule has 1 fully saturated rings. The van der Waals surface area contributed by atoms with E-state index in [0.29, 0.717) is 26.2 Å². The van der Waals surface area contributed by atoms with Gasteiger partial charge in [-0.1, -0.05) is 17.3 Å². The second-order valence-electron chi connectivity index (χ2n) is 4.64. The van der Waals surface area contributed by atoms with Gasteiger partial charge in [0, 0.05) is 25.7 Å². The van der Waals surface area contributed by atoms with E-state index in [1.807, 2.05) is 28.9 Å². The van der Waals surface area contributed by atoms with Gasteiger partial charge in [-0.25, -0.2) is 9.48 Å². The maximum absolute atomic E-state index is 11.0. The predicted octanol–water partition coefficient (Wildman–Crippen LogP) is 0.383. The van der Waals surface area contributed by atoms with Gasteiger partial charge in [-0.3, -0.25) is 0 Å². The highest BCUT2D eigenvalue weighted by atomic mass is 16.4. The zero-order valence-electron chi connectivity index (χ0n) is 10.4. The molecule has 100 valence electrons. The fourth-order valence-electron chi connectivity index (χ4n) is 2.38. The summed E-state index contributed by atoms with van der Waals surface area (Å²) in [7, 11) is 0. The van der Waals surface area contributed by atoms with Crippen molar-refractivity contribution >= 4 is 17.1 Å². The summed E-state index contributed by atoms with van der Waals surface area (Å²) in [5.41, 5.74) is 1.82. The van der Waals surface area contributed by atoms with Crippen molar-refractivity contribution in [1.82, 2.24) is 25.2 Å². The Balaban J connectivity index is 1.76. The fourth-order valence-corrected chi connectivity index (χ4v) is 2.38. The highest BCUT2D eigenvalue weighted by Crippen LogP contribution is 2.11. The summed E-state index contributed by atoms with van der Waals surface area (Å²) in [4.78, 5) is 12.4. The second-order valence-corrected chi connectivity index (χ2v) is 4.64. The van der Waals surface area contributed by atoms with Crippen molar-refractivity contribution in [1.29, 1.82) is 0 Å². The van der Waals surface area contributed by atoms with Crippen LogP contribution in [0.4, 0.5) is 4.79 Å². The van der Waals surface area contributed by atoms with E-state index in [1.165, 1.54) is 4.90 Å². The van der Waals surface area contributed by atoms with Crippen LogP contribution in [0.5, 0.6) is 0 Å². The number of amides is 1. The van der Waals surface area contributed by atoms with Crippen molar-refractivity contribution in [2.24, 2.45) is 0 Å². The smallest absolute Gasteiger partial charge is 0.407 e. The van der Waals surface area contributed by atoms with Crippen LogP contribution in [0.15, 0.2) is 24.3 Å². The van der Waals surface area contributed by atoms with Crippen LogP contribution >= 0.6 is 0 Å². The van der Waals surface area contributed by atoms with E-state index >= 15 is 0 Å². The molecule has 0 saturated carbocycles. The number of hydrogen-bond acceptors (Lipinski definition) is 4. The molecule has 2 N–H and O–H groups in total. The summed E-state index contributed by atoms with van der Waals surface area (Å²) < 4.78 is 1.82. The molecule has 1 aliphatic rings. The largest absolute Gasteiger partial charge is 0.465 e. The van der Waals surface area contributed by atoms with Gasteiger partial charge >= 0.3 is 6.09 Å². The van der Waals surface area contributed by atoms with E-state index in [2.05, 4.69) is 15.6 Å². The van der Waals surface area contributed by atoms with Crippen LogP contribution in [0.3, 0.4) is 0 Å². The van der Waals surface area contributed by atoms with E-state index < -0.39 is 6.09 Å². The van der Waals surface area contributed by atoms with Gasteiger partial charge in [-0.2, -0.15) is 0 Å². The number of carbonyl (C=O) groups is 1. The molecule has 19 heavy (non-hydrogen) atoms. The summed E-state index contributed by atoms with van der Waals surface area (Å²) in [6.45, 7) is 2.29. The molecule has 0 unspecified atom stereocenters. The first kappa shape index (κ1) is 11.9. The highest BCUT2D eigenvalue weighted by molar-refractivity contribution is 5.73. The summed E-state index contributed by atoms with van der Waals surface area (Å²) >= 11 is 0. The zero-order chi connectivity index (χ0) is 13.2. The maximum Gasteiger partial charge on any atom is 0.407 e. The number of fused-ring (bicyclic) bond motifs is 1. The minimum Gasteiger partial charge on any atom is -0.465 e. The molecule has 1 aliphatic heterocycles. The van der Waals surface area contributed by atoms with E-state index in [9.17, 15) is 4.79 Å². The Hall–Kier alpha value is -2.15. The molecule has 1 aromatic carbocycles. The number of nitrogens with one attached hydrogen (secondary N) is 1. The van der Waals surface area contributed by atoms with Gasteiger partial charge < -0.3 is 15.3 Å². The molecule has 1 amide bonds. The molecule has 7 heteroatoms. The van der Waals surface area contributed by atoms with Gasteiger partial charge in [0.15, 0.2) is 0 Å². The molecule has 0 bridgehead atoms. The molecular formula is C12H15N5O2. The normalized spacial score (nSPS) is 19.8. The number of para-hydroxylation sites is 1. The van der Waals surface area contributed by atoms with Crippen molar-refractivity contribution in [3.63, 3.8) is 0 Å². The lowest BCUT2D eigenvalue weighted by atomic mass is 10.2. The van der Waals surface area contributed by atoms with Gasteiger partial charge in [0.05, 0.1) is 12.1 Å². The Bertz CT molecular complexity index is 597. The van der Waals surface area contributed by atoms with Gasteiger partial charge in [-0.05, 0) is 12.1 Å². The topological polar surface area (TPSA) is 83.3 Å². The zero-order valence-corrected chi connectivity index (χ0v) is 10.4. The Labute approximate surface area is 109 Å². The van der Waals surface area contributed by atoms with Crippen LogP contribution in [0, 0.1) is 0 Å². The van der Waals surface area contributed by atoms with Gasteiger partial charge in [0.1, 0.15) is 5.52 Å². The van der Waals surface area contributed by atoms with E-state index in [0.717, 1.165) is 11.0 Å². The monoisotopic (exact) mass is 261 g/mol. The van der Waals surface area contributed by atoms with Crippen molar-refractivity contribution in [2.45, 2.75) is 12.6 Å². The quantitative estimate of drug-likeness (QED) is 0.816. The van der Waals surface area contributed by atoms with Crippen molar-refractivity contribution in [3.05, 3.63) is 24.3 Å². The summed E-state index contributed by atoms with van der Waals surface area (Å²) in [6, 6.07) is 7.81. The Kier molecular flexibility index (Phi) is 3.04. The molecule has 0 radical (unpaired) electrons. The molecule has 2 aromatic rings. The Morgan fingerprint density at radius 3 is 3.16 bits per heavy atom. The van der Waals surface area contributed by atoms with E-state index in [1.54, 1.807) is 0 Å². The average molecular weight is 261 g/mol. The van der Waals surface area contributed by atoms with E-state index in [4.69, 9.17) is 5.11 Å². The third-order valence-corrected chi connectivity index (χ3v) is 3.34. The minimum absolute atomic E-state index is 0.0648. The molecular weight excluding hydrogens is 246 g/mol. The first-order valence-electron chi connectivity index (χ1n) is 6.23. The van der Waals surface area contributed by atoms with Crippen LogP contribution < -0.4 is 5.32 Å². The van der Waals surface area contributed by atoms with Crippen LogP contribution in [0.2, 0.25) is 0 Å². The predicted molar refractivity (Wildman–Crippen MR) is 68.9 cm³/mol. The number of rotatable bonds is 2. The Morgan fingerprint density at radius 2 is 2.32 bits per heavy atom. The van der Waals surface area contributed by atoms with Gasteiger partial charge in [-0.15, -0.1) is 5.10 Å². The molecule has 1 aromatic heterocycles. The number of piperazine rings is 1. The average Bonchev–Trinajstić information content (AvgIpc) is 2.83. The molecule has 2 heterocycles. The van der Waals surface area contributed by atoms with Crippen molar-refractivity contribution in [2.75, 3.05) is 19.6 Å². The lowest BCUT2D eigenvalue weighted by molar-refractivity contribution is 0.125. The van der Waals surface area contributed by atoms with Crippen LogP contribution in [0.25, 0.3) is 11.0 Å². The Morgan fingerprint density at radius 1 is 1.47 bits per heavy atom. The van der Waals surface area contributed by atoms with Crippen LogP contribution in [-0.4, -0.2) is 56.8 Å². The molecule has 1 atom stereocenters. The first-order valence-corrected chi connectivity index (χ1v) is 6.23. The van der Waals surface area contributed by atoms with Crippen LogP contribution in [-0.2, 0) is 6.54 Å². The third kappa shape index (κ3) is 2.37. The molecule has 7 nitrogen and oxygen atoms in total. The standard InChI is InChI=1S/C12H15N5O2/c18-12(19)16-6-5-13-9(7-16)8-17-11-4-2-1-3-10(11)14-15-17/h1-4,9,13H,5-8H2,(H,18,19)/t9-/m0/s1. The minimum atomic E-state index is -0.866. The molecule has 0 spiro atoms. The van der Waals surface area contributed by atoms with Gasteiger partial charge in [0.25, 0.3) is 0 Å². The maximum atomic E-state index is 11.0. The summed E-state index contributed by atoms with van der Waals surface area (Å²) in [6.07, 6.45) is -0.866. The molecule has 3 rings (SSSR count). The molecule has 0 aliphatic carbocycles. The SMILES string of the molecule is O=C(O)N1CCN[C@H](Cn2nnc3ccccc32)C1. The summed E-state index contributed by atoms with van der Waals surface area (Å²) in [5, 5.41) is 20.5. The van der Waals surface area contributed by atoms with Crippen molar-refractivity contribution in [3.8, 4) is 0 Å². The molecule has 1 saturated heterocycles. The fraction of sp³-hybridized carbons (Fsp3) is 0.417. The number of nitrogens with zero attached hydrogens (tertiary/aromatic N) is 4. The summed E-state index contributed by atoms with van der Waals surface area (Å²) in [5.74, 6) is 0. The van der Waals surface area contributed by atoms with Crippen molar-refractivity contribution < 1.29 is 9.90 Å². The number of hydrogen-bond donors (Lipinski definition) is 2. The number of aromatic nitrogens is 3. The van der Waals surface area contributed by atoms with Crippen LogP contribution in [0.1, 0.15) is 0 Å². The lowest BCUT2D eigenvalue weighted by Gasteiger charge is -2.31. The van der Waals surface area contributed by atoms with E-state index in [-0.39, 0.29) is 6.04 Å². The lowest BCUT2D eigenvalue weighted by Crippen LogP contribution is -2.53. The first-order chi connectivity index (χ1) is 9.24.